The Bertz CT molecular complexity index is 615. The van der Waals surface area contributed by atoms with Crippen molar-refractivity contribution >= 4 is 5.78 Å². The topological polar surface area (TPSA) is 57.5 Å². The summed E-state index contributed by atoms with van der Waals surface area (Å²) in [6, 6.07) is 0. The van der Waals surface area contributed by atoms with Gasteiger partial charge in [0.25, 0.3) is 0 Å². The van der Waals surface area contributed by atoms with Crippen molar-refractivity contribution in [3.63, 3.8) is 0 Å². The Morgan fingerprint density at radius 3 is 2.43 bits per heavy atom. The highest BCUT2D eigenvalue weighted by Gasteiger charge is 2.51. The zero-order valence-corrected chi connectivity index (χ0v) is 13.6. The van der Waals surface area contributed by atoms with Crippen LogP contribution in [0.4, 0.5) is 13.2 Å². The van der Waals surface area contributed by atoms with Crippen LogP contribution in [0.15, 0.2) is 22.8 Å². The third kappa shape index (κ3) is 4.24. The second-order valence-electron chi connectivity index (χ2n) is 6.41. The first-order valence-corrected chi connectivity index (χ1v) is 7.17. The van der Waals surface area contributed by atoms with Crippen molar-refractivity contribution in [2.24, 2.45) is 5.41 Å². The number of ketones is 1. The molecule has 0 aromatic rings. The first kappa shape index (κ1) is 19.5. The summed E-state index contributed by atoms with van der Waals surface area (Å²) in [4.78, 5) is 12.1. The molecule has 0 aromatic carbocycles. The van der Waals surface area contributed by atoms with Crippen LogP contribution in [-0.4, -0.2) is 34.4 Å². The van der Waals surface area contributed by atoms with E-state index in [4.69, 9.17) is 5.11 Å². The largest absolute Gasteiger partial charge is 0.393 e. The van der Waals surface area contributed by atoms with Gasteiger partial charge in [0.2, 0.25) is 0 Å². The Labute approximate surface area is 133 Å². The lowest BCUT2D eigenvalue weighted by molar-refractivity contribution is -0.138. The van der Waals surface area contributed by atoms with Gasteiger partial charge in [-0.25, -0.2) is 0 Å². The number of carbonyl (C=O) groups is 1. The Kier molecular flexibility index (Phi) is 5.50. The monoisotopic (exact) mass is 330 g/mol. The summed E-state index contributed by atoms with van der Waals surface area (Å²) < 4.78 is 38.1. The lowest BCUT2D eigenvalue weighted by atomic mass is 9.62. The molecule has 0 saturated carbocycles. The van der Waals surface area contributed by atoms with Crippen LogP contribution in [0.3, 0.4) is 0 Å². The lowest BCUT2D eigenvalue weighted by Crippen LogP contribution is -2.50. The third-order valence-corrected chi connectivity index (χ3v) is 4.13. The van der Waals surface area contributed by atoms with Crippen LogP contribution in [0, 0.1) is 17.3 Å². The normalized spacial score (nSPS) is 25.3. The van der Waals surface area contributed by atoms with E-state index in [9.17, 15) is 23.1 Å². The highest BCUT2D eigenvalue weighted by molar-refractivity contribution is 5.98. The highest BCUT2D eigenvalue weighted by atomic mass is 19.4. The van der Waals surface area contributed by atoms with Crippen LogP contribution >= 0.6 is 0 Å². The number of allylic oxidation sites excluding steroid dienone is 2. The highest BCUT2D eigenvalue weighted by Crippen LogP contribution is 2.47. The maximum absolute atomic E-state index is 12.7. The van der Waals surface area contributed by atoms with Crippen molar-refractivity contribution in [2.75, 3.05) is 6.61 Å². The molecule has 128 valence electrons. The summed E-state index contributed by atoms with van der Waals surface area (Å²) >= 11 is 0. The zero-order valence-electron chi connectivity index (χ0n) is 13.6. The standard InChI is InChI=1S/C17H21F3O3/c1-11(6-8-21)5-7-16(23)12(2)13(9-17(18,19)20)14(22)10-15(16,3)4/h6,21,23H,8-10H2,1-4H3. The molecule has 0 heterocycles. The van der Waals surface area contributed by atoms with Crippen LogP contribution in [0.2, 0.25) is 0 Å². The van der Waals surface area contributed by atoms with Gasteiger partial charge in [-0.15, -0.1) is 0 Å². The van der Waals surface area contributed by atoms with Gasteiger partial charge in [-0.05, 0) is 31.1 Å². The van der Waals surface area contributed by atoms with Gasteiger partial charge in [-0.2, -0.15) is 13.2 Å². The SMILES string of the molecule is CC(C#CC1(O)C(C)=C(CC(F)(F)F)C(=O)CC1(C)C)=CCO. The van der Waals surface area contributed by atoms with E-state index in [2.05, 4.69) is 11.8 Å². The van der Waals surface area contributed by atoms with Crippen molar-refractivity contribution in [1.82, 2.24) is 0 Å². The molecule has 1 unspecified atom stereocenters. The first-order valence-electron chi connectivity index (χ1n) is 7.17. The van der Waals surface area contributed by atoms with E-state index in [-0.39, 0.29) is 18.6 Å². The Morgan fingerprint density at radius 1 is 1.39 bits per heavy atom. The van der Waals surface area contributed by atoms with Gasteiger partial charge in [0.1, 0.15) is 0 Å². The van der Waals surface area contributed by atoms with Crippen molar-refractivity contribution in [3.05, 3.63) is 22.8 Å². The van der Waals surface area contributed by atoms with Gasteiger partial charge in [0.05, 0.1) is 13.0 Å². The summed E-state index contributed by atoms with van der Waals surface area (Å²) in [7, 11) is 0. The second kappa shape index (κ2) is 6.50. The van der Waals surface area contributed by atoms with E-state index in [1.165, 1.54) is 13.0 Å². The number of alkyl halides is 3. The van der Waals surface area contributed by atoms with Crippen LogP contribution in [0.1, 0.15) is 40.5 Å². The molecule has 1 aliphatic rings. The van der Waals surface area contributed by atoms with Crippen molar-refractivity contribution in [2.45, 2.75) is 52.3 Å². The molecule has 6 heteroatoms. The van der Waals surface area contributed by atoms with E-state index >= 15 is 0 Å². The molecule has 2 N–H and O–H groups in total. The molecule has 23 heavy (non-hydrogen) atoms. The van der Waals surface area contributed by atoms with Crippen LogP contribution in [0.25, 0.3) is 0 Å². The van der Waals surface area contributed by atoms with E-state index < -0.39 is 35.0 Å². The van der Waals surface area contributed by atoms with Crippen LogP contribution in [-0.2, 0) is 4.79 Å². The van der Waals surface area contributed by atoms with E-state index in [1.54, 1.807) is 20.8 Å². The number of rotatable bonds is 2. The fourth-order valence-corrected chi connectivity index (χ4v) is 2.64. The Balaban J connectivity index is 3.46. The Hall–Kier alpha value is -1.58. The fraction of sp³-hybridized carbons (Fsp3) is 0.588. The lowest BCUT2D eigenvalue weighted by Gasteiger charge is -2.44. The Morgan fingerprint density at radius 2 is 1.96 bits per heavy atom. The molecule has 0 aromatic heterocycles. The summed E-state index contributed by atoms with van der Waals surface area (Å²) in [6.45, 7) is 5.90. The molecule has 0 saturated heterocycles. The number of aliphatic hydroxyl groups is 2. The molecule has 0 radical (unpaired) electrons. The molecular weight excluding hydrogens is 309 g/mol. The number of hydrogen-bond acceptors (Lipinski definition) is 3. The average Bonchev–Trinajstić information content (AvgIpc) is 2.38. The minimum Gasteiger partial charge on any atom is -0.392 e. The van der Waals surface area contributed by atoms with E-state index in [1.807, 2.05) is 0 Å². The summed E-state index contributed by atoms with van der Waals surface area (Å²) in [5.41, 5.74) is -2.85. The maximum Gasteiger partial charge on any atom is 0.393 e. The third-order valence-electron chi connectivity index (χ3n) is 4.13. The smallest absolute Gasteiger partial charge is 0.392 e. The van der Waals surface area contributed by atoms with Gasteiger partial charge < -0.3 is 10.2 Å². The molecule has 0 spiro atoms. The molecule has 1 atom stereocenters. The van der Waals surface area contributed by atoms with Gasteiger partial charge in [0.15, 0.2) is 11.4 Å². The summed E-state index contributed by atoms with van der Waals surface area (Å²) in [5, 5.41) is 19.7. The molecule has 0 fully saturated rings. The van der Waals surface area contributed by atoms with Gasteiger partial charge in [-0.1, -0.05) is 25.7 Å². The summed E-state index contributed by atoms with van der Waals surface area (Å²) in [5.74, 6) is 4.65. The number of hydrogen-bond donors (Lipinski definition) is 2. The van der Waals surface area contributed by atoms with Crippen molar-refractivity contribution in [3.8, 4) is 11.8 Å². The molecule has 1 rings (SSSR count). The van der Waals surface area contributed by atoms with E-state index in [0.29, 0.717) is 5.57 Å². The maximum atomic E-state index is 12.7. The molecule has 0 bridgehead atoms. The van der Waals surface area contributed by atoms with E-state index in [0.717, 1.165) is 0 Å². The second-order valence-corrected chi connectivity index (χ2v) is 6.41. The van der Waals surface area contributed by atoms with Crippen molar-refractivity contribution in [1.29, 1.82) is 0 Å². The zero-order chi connectivity index (χ0) is 18.1. The predicted molar refractivity (Wildman–Crippen MR) is 80.3 cm³/mol. The number of aliphatic hydroxyl groups excluding tert-OH is 1. The number of Topliss-reactive ketones (excluding diaryl/α,β-unsaturated/α-hetero) is 1. The minimum atomic E-state index is -4.53. The minimum absolute atomic E-state index is 0.0552. The van der Waals surface area contributed by atoms with Crippen LogP contribution in [0.5, 0.6) is 0 Å². The quantitative estimate of drug-likeness (QED) is 0.766. The van der Waals surface area contributed by atoms with Gasteiger partial charge in [-0.3, -0.25) is 4.79 Å². The molecule has 0 aliphatic heterocycles. The fourth-order valence-electron chi connectivity index (χ4n) is 2.64. The molecular formula is C17H21F3O3. The summed E-state index contributed by atoms with van der Waals surface area (Å²) in [6.07, 6.45) is -4.70. The average molecular weight is 330 g/mol. The molecule has 1 aliphatic carbocycles. The molecule has 0 amide bonds. The van der Waals surface area contributed by atoms with Gasteiger partial charge >= 0.3 is 6.18 Å². The number of carbonyl (C=O) groups excluding carboxylic acids is 1. The first-order chi connectivity index (χ1) is 10.3. The predicted octanol–water partition coefficient (Wildman–Crippen LogP) is 2.93. The van der Waals surface area contributed by atoms with Gasteiger partial charge in [0, 0.05) is 17.4 Å². The number of halogens is 3. The van der Waals surface area contributed by atoms with Crippen molar-refractivity contribution < 1.29 is 28.2 Å². The molecule has 3 nitrogen and oxygen atoms in total. The van der Waals surface area contributed by atoms with Crippen LogP contribution < -0.4 is 0 Å².